The van der Waals surface area contributed by atoms with Crippen LogP contribution in [0.4, 0.5) is 11.6 Å². The zero-order valence-electron chi connectivity index (χ0n) is 13.2. The van der Waals surface area contributed by atoms with Gasteiger partial charge in [-0.15, -0.1) is 0 Å². The Bertz CT molecular complexity index is 467. The fourth-order valence-corrected chi connectivity index (χ4v) is 2.30. The molecule has 0 amide bonds. The standard InChI is InChI=1S/C15H26N4O/c1-6-16-13-11(4)14(18-12(17-13)10(2)3)19-15(5)7-8-20-9-15/h10H,6-9H2,1-5H3,(H2,16,17,18,19). The van der Waals surface area contributed by atoms with Crippen molar-refractivity contribution < 1.29 is 4.74 Å². The quantitative estimate of drug-likeness (QED) is 0.867. The molecular formula is C15H26N4O. The first-order chi connectivity index (χ1) is 9.45. The summed E-state index contributed by atoms with van der Waals surface area (Å²) in [5.74, 6) is 3.03. The number of ether oxygens (including phenoxy) is 1. The van der Waals surface area contributed by atoms with Crippen LogP contribution in [0, 0.1) is 6.92 Å². The zero-order valence-corrected chi connectivity index (χ0v) is 13.2. The lowest BCUT2D eigenvalue weighted by Gasteiger charge is -2.26. The number of nitrogens with one attached hydrogen (secondary N) is 2. The lowest BCUT2D eigenvalue weighted by molar-refractivity contribution is 0.185. The maximum atomic E-state index is 5.51. The minimum absolute atomic E-state index is 0.0309. The van der Waals surface area contributed by atoms with Crippen LogP contribution in [-0.2, 0) is 4.74 Å². The Hall–Kier alpha value is -1.36. The van der Waals surface area contributed by atoms with Crippen molar-refractivity contribution in [2.24, 2.45) is 0 Å². The van der Waals surface area contributed by atoms with Gasteiger partial charge in [-0.2, -0.15) is 0 Å². The minimum atomic E-state index is -0.0309. The van der Waals surface area contributed by atoms with E-state index >= 15 is 0 Å². The van der Waals surface area contributed by atoms with Crippen LogP contribution in [0.5, 0.6) is 0 Å². The maximum absolute atomic E-state index is 5.51. The Kier molecular flexibility index (Phi) is 4.48. The molecule has 5 heteroatoms. The molecule has 1 aliphatic heterocycles. The van der Waals surface area contributed by atoms with Gasteiger partial charge in [-0.1, -0.05) is 13.8 Å². The first-order valence-corrected chi connectivity index (χ1v) is 7.43. The summed E-state index contributed by atoms with van der Waals surface area (Å²) >= 11 is 0. The lowest BCUT2D eigenvalue weighted by Crippen LogP contribution is -2.36. The predicted octanol–water partition coefficient (Wildman–Crippen LogP) is 2.93. The molecule has 2 heterocycles. The van der Waals surface area contributed by atoms with Gasteiger partial charge in [-0.3, -0.25) is 0 Å². The SMILES string of the molecule is CCNc1nc(C(C)C)nc(NC2(C)CCOC2)c1C. The highest BCUT2D eigenvalue weighted by Crippen LogP contribution is 2.28. The van der Waals surface area contributed by atoms with Crippen molar-refractivity contribution in [3.8, 4) is 0 Å². The fourth-order valence-electron chi connectivity index (χ4n) is 2.30. The Morgan fingerprint density at radius 3 is 2.55 bits per heavy atom. The number of rotatable bonds is 5. The number of hydrogen-bond donors (Lipinski definition) is 2. The summed E-state index contributed by atoms with van der Waals surface area (Å²) in [6.07, 6.45) is 1.00. The Morgan fingerprint density at radius 2 is 2.00 bits per heavy atom. The van der Waals surface area contributed by atoms with Gasteiger partial charge in [-0.05, 0) is 27.2 Å². The third-order valence-electron chi connectivity index (χ3n) is 3.66. The van der Waals surface area contributed by atoms with Crippen LogP contribution in [0.25, 0.3) is 0 Å². The molecular weight excluding hydrogens is 252 g/mol. The summed E-state index contributed by atoms with van der Waals surface area (Å²) in [5, 5.41) is 6.89. The molecule has 1 aliphatic rings. The van der Waals surface area contributed by atoms with Crippen molar-refractivity contribution in [2.75, 3.05) is 30.4 Å². The van der Waals surface area contributed by atoms with Gasteiger partial charge in [-0.25, -0.2) is 9.97 Å². The Morgan fingerprint density at radius 1 is 1.30 bits per heavy atom. The third kappa shape index (κ3) is 3.20. The summed E-state index contributed by atoms with van der Waals surface area (Å²) < 4.78 is 5.51. The molecule has 112 valence electrons. The molecule has 1 unspecified atom stereocenters. The van der Waals surface area contributed by atoms with Gasteiger partial charge in [0.25, 0.3) is 0 Å². The fraction of sp³-hybridized carbons (Fsp3) is 0.733. The van der Waals surface area contributed by atoms with Gasteiger partial charge in [0.15, 0.2) is 0 Å². The summed E-state index contributed by atoms with van der Waals surface area (Å²) in [7, 11) is 0. The molecule has 1 aromatic heterocycles. The van der Waals surface area contributed by atoms with E-state index in [1.165, 1.54) is 0 Å². The third-order valence-corrected chi connectivity index (χ3v) is 3.66. The molecule has 1 aromatic rings. The van der Waals surface area contributed by atoms with Crippen LogP contribution in [0.3, 0.4) is 0 Å². The molecule has 0 aromatic carbocycles. The van der Waals surface area contributed by atoms with Crippen molar-refractivity contribution in [1.29, 1.82) is 0 Å². The van der Waals surface area contributed by atoms with Crippen LogP contribution in [0.2, 0.25) is 0 Å². The van der Waals surface area contributed by atoms with E-state index in [9.17, 15) is 0 Å². The second-order valence-corrected chi connectivity index (χ2v) is 6.08. The predicted molar refractivity (Wildman–Crippen MR) is 82.5 cm³/mol. The number of nitrogens with zero attached hydrogens (tertiary/aromatic N) is 2. The van der Waals surface area contributed by atoms with E-state index in [1.807, 2.05) is 0 Å². The monoisotopic (exact) mass is 278 g/mol. The molecule has 20 heavy (non-hydrogen) atoms. The topological polar surface area (TPSA) is 59.1 Å². The highest BCUT2D eigenvalue weighted by atomic mass is 16.5. The van der Waals surface area contributed by atoms with Gasteiger partial charge < -0.3 is 15.4 Å². The molecule has 0 spiro atoms. The molecule has 0 aliphatic carbocycles. The summed E-state index contributed by atoms with van der Waals surface area (Å²) in [4.78, 5) is 9.33. The molecule has 0 bridgehead atoms. The summed E-state index contributed by atoms with van der Waals surface area (Å²) in [5.41, 5.74) is 1.04. The van der Waals surface area contributed by atoms with Crippen LogP contribution in [0.15, 0.2) is 0 Å². The average Bonchev–Trinajstić information content (AvgIpc) is 2.81. The van der Waals surface area contributed by atoms with Gasteiger partial charge >= 0.3 is 0 Å². The molecule has 5 nitrogen and oxygen atoms in total. The molecule has 1 fully saturated rings. The van der Waals surface area contributed by atoms with Crippen molar-refractivity contribution in [3.05, 3.63) is 11.4 Å². The largest absolute Gasteiger partial charge is 0.379 e. The van der Waals surface area contributed by atoms with Crippen molar-refractivity contribution in [1.82, 2.24) is 9.97 Å². The van der Waals surface area contributed by atoms with Gasteiger partial charge in [0.2, 0.25) is 0 Å². The van der Waals surface area contributed by atoms with E-state index in [0.29, 0.717) is 5.92 Å². The van der Waals surface area contributed by atoms with Crippen LogP contribution in [0.1, 0.15) is 51.4 Å². The van der Waals surface area contributed by atoms with E-state index in [1.54, 1.807) is 0 Å². The normalized spacial score (nSPS) is 22.3. The highest BCUT2D eigenvalue weighted by molar-refractivity contribution is 5.58. The van der Waals surface area contributed by atoms with E-state index in [4.69, 9.17) is 9.72 Å². The first-order valence-electron chi connectivity index (χ1n) is 7.43. The summed E-state index contributed by atoms with van der Waals surface area (Å²) in [6.45, 7) is 12.9. The molecule has 2 rings (SSSR count). The van der Waals surface area contributed by atoms with Gasteiger partial charge in [0.1, 0.15) is 17.5 Å². The minimum Gasteiger partial charge on any atom is -0.379 e. The van der Waals surface area contributed by atoms with Crippen molar-refractivity contribution >= 4 is 11.6 Å². The second-order valence-electron chi connectivity index (χ2n) is 6.08. The molecule has 1 saturated heterocycles. The zero-order chi connectivity index (χ0) is 14.8. The lowest BCUT2D eigenvalue weighted by atomic mass is 10.0. The van der Waals surface area contributed by atoms with Crippen LogP contribution >= 0.6 is 0 Å². The van der Waals surface area contributed by atoms with Crippen molar-refractivity contribution in [3.63, 3.8) is 0 Å². The van der Waals surface area contributed by atoms with E-state index < -0.39 is 0 Å². The maximum Gasteiger partial charge on any atom is 0.135 e. The Balaban J connectivity index is 2.34. The number of hydrogen-bond acceptors (Lipinski definition) is 5. The highest BCUT2D eigenvalue weighted by Gasteiger charge is 2.31. The summed E-state index contributed by atoms with van der Waals surface area (Å²) in [6, 6.07) is 0. The van der Waals surface area contributed by atoms with Gasteiger partial charge in [0.05, 0.1) is 12.1 Å². The first kappa shape index (κ1) is 15.0. The van der Waals surface area contributed by atoms with Crippen LogP contribution in [-0.4, -0.2) is 35.3 Å². The smallest absolute Gasteiger partial charge is 0.135 e. The van der Waals surface area contributed by atoms with E-state index in [0.717, 1.165) is 49.2 Å². The van der Waals surface area contributed by atoms with Gasteiger partial charge in [0, 0.05) is 24.6 Å². The van der Waals surface area contributed by atoms with E-state index in [-0.39, 0.29) is 5.54 Å². The average molecular weight is 278 g/mol. The number of aromatic nitrogens is 2. The Labute approximate surface area is 121 Å². The molecule has 2 N–H and O–H groups in total. The van der Waals surface area contributed by atoms with Crippen LogP contribution < -0.4 is 10.6 Å². The molecule has 1 atom stereocenters. The molecule has 0 radical (unpaired) electrons. The van der Waals surface area contributed by atoms with Crippen molar-refractivity contribution in [2.45, 2.75) is 52.5 Å². The molecule has 0 saturated carbocycles. The van der Waals surface area contributed by atoms with E-state index in [2.05, 4.69) is 50.2 Å². The second kappa shape index (κ2) is 5.95. The number of anilines is 2.